The summed E-state index contributed by atoms with van der Waals surface area (Å²) < 4.78 is 12.1. The zero-order valence-corrected chi connectivity index (χ0v) is 10.8. The lowest BCUT2D eigenvalue weighted by Gasteiger charge is -2.06. The SMILES string of the molecule is COc1cnn(C)c1C(=O)c1ccc2c(c1)CCO2. The van der Waals surface area contributed by atoms with Crippen LogP contribution >= 0.6 is 0 Å². The van der Waals surface area contributed by atoms with Gasteiger partial charge in [0.2, 0.25) is 5.78 Å². The van der Waals surface area contributed by atoms with E-state index in [9.17, 15) is 4.79 Å². The summed E-state index contributed by atoms with van der Waals surface area (Å²) in [4.78, 5) is 12.5. The van der Waals surface area contributed by atoms with Crippen LogP contribution in [0, 0.1) is 0 Å². The van der Waals surface area contributed by atoms with Crippen molar-refractivity contribution in [1.82, 2.24) is 9.78 Å². The minimum absolute atomic E-state index is 0.0912. The number of hydrogen-bond donors (Lipinski definition) is 0. The van der Waals surface area contributed by atoms with Gasteiger partial charge in [-0.05, 0) is 23.8 Å². The van der Waals surface area contributed by atoms with Crippen LogP contribution < -0.4 is 9.47 Å². The van der Waals surface area contributed by atoms with Crippen molar-refractivity contribution in [3.05, 3.63) is 41.2 Å². The molecule has 0 N–H and O–H groups in total. The van der Waals surface area contributed by atoms with Crippen LogP contribution in [0.2, 0.25) is 0 Å². The number of ether oxygens (including phenoxy) is 2. The number of carbonyl (C=O) groups is 1. The zero-order chi connectivity index (χ0) is 13.4. The van der Waals surface area contributed by atoms with E-state index in [1.807, 2.05) is 12.1 Å². The van der Waals surface area contributed by atoms with Crippen molar-refractivity contribution in [2.45, 2.75) is 6.42 Å². The maximum Gasteiger partial charge on any atom is 0.214 e. The molecule has 0 amide bonds. The van der Waals surface area contributed by atoms with Crippen LogP contribution in [0.5, 0.6) is 11.5 Å². The summed E-state index contributed by atoms with van der Waals surface area (Å²) in [6, 6.07) is 5.51. The van der Waals surface area contributed by atoms with Gasteiger partial charge in [0, 0.05) is 19.0 Å². The largest absolute Gasteiger partial charge is 0.493 e. The first kappa shape index (κ1) is 11.8. The highest BCUT2D eigenvalue weighted by Crippen LogP contribution is 2.28. The molecule has 0 unspecified atom stereocenters. The summed E-state index contributed by atoms with van der Waals surface area (Å²) in [6.45, 7) is 0.683. The van der Waals surface area contributed by atoms with Gasteiger partial charge in [-0.2, -0.15) is 5.10 Å². The van der Waals surface area contributed by atoms with Crippen LogP contribution in [0.15, 0.2) is 24.4 Å². The maximum absolute atomic E-state index is 12.5. The van der Waals surface area contributed by atoms with Crippen LogP contribution in [0.1, 0.15) is 21.6 Å². The van der Waals surface area contributed by atoms with Gasteiger partial charge in [0.15, 0.2) is 11.4 Å². The predicted octanol–water partition coefficient (Wildman–Crippen LogP) is 1.59. The van der Waals surface area contributed by atoms with E-state index in [1.165, 1.54) is 11.8 Å². The van der Waals surface area contributed by atoms with Crippen molar-refractivity contribution in [1.29, 1.82) is 0 Å². The van der Waals surface area contributed by atoms with Crippen molar-refractivity contribution in [3.8, 4) is 11.5 Å². The molecule has 0 saturated carbocycles. The van der Waals surface area contributed by atoms with Crippen LogP contribution in [0.25, 0.3) is 0 Å². The highest BCUT2D eigenvalue weighted by molar-refractivity contribution is 6.09. The number of nitrogens with zero attached hydrogens (tertiary/aromatic N) is 2. The van der Waals surface area contributed by atoms with E-state index < -0.39 is 0 Å². The lowest BCUT2D eigenvalue weighted by atomic mass is 10.0. The highest BCUT2D eigenvalue weighted by Gasteiger charge is 2.21. The van der Waals surface area contributed by atoms with Crippen LogP contribution in [0.3, 0.4) is 0 Å². The first-order chi connectivity index (χ1) is 9.20. The van der Waals surface area contributed by atoms with E-state index in [4.69, 9.17) is 9.47 Å². The summed E-state index contributed by atoms with van der Waals surface area (Å²) in [7, 11) is 3.26. The Hall–Kier alpha value is -2.30. The number of carbonyl (C=O) groups excluding carboxylic acids is 1. The van der Waals surface area contributed by atoms with Gasteiger partial charge in [-0.1, -0.05) is 0 Å². The van der Waals surface area contributed by atoms with Gasteiger partial charge in [-0.3, -0.25) is 9.48 Å². The number of fused-ring (bicyclic) bond motifs is 1. The number of aryl methyl sites for hydroxylation is 1. The second-order valence-electron chi connectivity index (χ2n) is 4.44. The number of rotatable bonds is 3. The minimum Gasteiger partial charge on any atom is -0.493 e. The fourth-order valence-electron chi connectivity index (χ4n) is 2.29. The van der Waals surface area contributed by atoms with E-state index in [0.29, 0.717) is 23.6 Å². The molecule has 0 saturated heterocycles. The molecule has 1 aromatic heterocycles. The van der Waals surface area contributed by atoms with Gasteiger partial charge in [0.1, 0.15) is 5.75 Å². The fourth-order valence-corrected chi connectivity index (χ4v) is 2.29. The molecule has 0 bridgehead atoms. The fraction of sp³-hybridized carbons (Fsp3) is 0.286. The summed E-state index contributed by atoms with van der Waals surface area (Å²) in [6.07, 6.45) is 2.39. The lowest BCUT2D eigenvalue weighted by Crippen LogP contribution is -2.09. The first-order valence-electron chi connectivity index (χ1n) is 6.07. The smallest absolute Gasteiger partial charge is 0.214 e. The Balaban J connectivity index is 2.02. The number of methoxy groups -OCH3 is 1. The van der Waals surface area contributed by atoms with E-state index in [-0.39, 0.29) is 5.78 Å². The Morgan fingerprint density at radius 3 is 3.11 bits per heavy atom. The van der Waals surface area contributed by atoms with Gasteiger partial charge < -0.3 is 9.47 Å². The average molecular weight is 258 g/mol. The van der Waals surface area contributed by atoms with Crippen LogP contribution in [-0.2, 0) is 13.5 Å². The molecule has 0 aliphatic carbocycles. The van der Waals surface area contributed by atoms with E-state index in [1.54, 1.807) is 19.3 Å². The average Bonchev–Trinajstić information content (AvgIpc) is 3.02. The van der Waals surface area contributed by atoms with Crippen molar-refractivity contribution >= 4 is 5.78 Å². The second-order valence-corrected chi connectivity index (χ2v) is 4.44. The molecule has 2 aromatic rings. The van der Waals surface area contributed by atoms with Crippen molar-refractivity contribution in [2.75, 3.05) is 13.7 Å². The Labute approximate surface area is 110 Å². The van der Waals surface area contributed by atoms with Gasteiger partial charge in [0.05, 0.1) is 19.9 Å². The van der Waals surface area contributed by atoms with Crippen LogP contribution in [-0.4, -0.2) is 29.3 Å². The normalized spacial score (nSPS) is 12.9. The first-order valence-corrected chi connectivity index (χ1v) is 6.07. The summed E-state index contributed by atoms with van der Waals surface area (Å²) >= 11 is 0. The van der Waals surface area contributed by atoms with E-state index in [0.717, 1.165) is 17.7 Å². The molecule has 2 heterocycles. The molecule has 98 valence electrons. The molecule has 5 nitrogen and oxygen atoms in total. The molecule has 1 aliphatic rings. The molecule has 0 radical (unpaired) electrons. The molecule has 0 spiro atoms. The molecule has 5 heteroatoms. The molecule has 3 rings (SSSR count). The molecular weight excluding hydrogens is 244 g/mol. The van der Waals surface area contributed by atoms with Crippen molar-refractivity contribution < 1.29 is 14.3 Å². The van der Waals surface area contributed by atoms with Gasteiger partial charge >= 0.3 is 0 Å². The number of benzene rings is 1. The predicted molar refractivity (Wildman–Crippen MR) is 68.8 cm³/mol. The third kappa shape index (κ3) is 1.87. The third-order valence-corrected chi connectivity index (χ3v) is 3.29. The Kier molecular flexibility index (Phi) is 2.74. The zero-order valence-electron chi connectivity index (χ0n) is 10.8. The van der Waals surface area contributed by atoms with Gasteiger partial charge in [-0.25, -0.2) is 0 Å². The van der Waals surface area contributed by atoms with Crippen molar-refractivity contribution in [2.24, 2.45) is 7.05 Å². The van der Waals surface area contributed by atoms with Gasteiger partial charge in [0.25, 0.3) is 0 Å². The standard InChI is InChI=1S/C14H14N2O3/c1-16-13(12(18-2)8-15-16)14(17)10-3-4-11-9(7-10)5-6-19-11/h3-4,7-8H,5-6H2,1-2H3. The quantitative estimate of drug-likeness (QED) is 0.785. The monoisotopic (exact) mass is 258 g/mol. The highest BCUT2D eigenvalue weighted by atomic mass is 16.5. The topological polar surface area (TPSA) is 53.4 Å². The molecule has 1 aliphatic heterocycles. The number of aromatic nitrogens is 2. The molecule has 1 aromatic carbocycles. The van der Waals surface area contributed by atoms with E-state index in [2.05, 4.69) is 5.10 Å². The number of ketones is 1. The summed E-state index contributed by atoms with van der Waals surface area (Å²) in [5.41, 5.74) is 2.17. The third-order valence-electron chi connectivity index (χ3n) is 3.29. The summed E-state index contributed by atoms with van der Waals surface area (Å²) in [5, 5.41) is 4.05. The lowest BCUT2D eigenvalue weighted by molar-refractivity contribution is 0.102. The van der Waals surface area contributed by atoms with Crippen LogP contribution in [0.4, 0.5) is 0 Å². The number of hydrogen-bond acceptors (Lipinski definition) is 4. The Morgan fingerprint density at radius 1 is 1.47 bits per heavy atom. The van der Waals surface area contributed by atoms with E-state index >= 15 is 0 Å². The molecule has 19 heavy (non-hydrogen) atoms. The molecule has 0 atom stereocenters. The maximum atomic E-state index is 12.5. The Bertz CT molecular complexity index is 646. The minimum atomic E-state index is -0.0912. The van der Waals surface area contributed by atoms with Gasteiger partial charge in [-0.15, -0.1) is 0 Å². The van der Waals surface area contributed by atoms with Crippen molar-refractivity contribution in [3.63, 3.8) is 0 Å². The second kappa shape index (κ2) is 4.42. The Morgan fingerprint density at radius 2 is 2.32 bits per heavy atom. The molecule has 0 fully saturated rings. The summed E-state index contributed by atoms with van der Waals surface area (Å²) in [5.74, 6) is 1.27. The molecular formula is C14H14N2O3.